The zero-order chi connectivity index (χ0) is 34.0. The molecule has 6 aromatic carbocycles. The predicted octanol–water partition coefficient (Wildman–Crippen LogP) is 5.19. The van der Waals surface area contributed by atoms with Crippen molar-refractivity contribution in [3.8, 4) is 0 Å². The van der Waals surface area contributed by atoms with Crippen LogP contribution >= 0.6 is 0 Å². The van der Waals surface area contributed by atoms with Crippen LogP contribution in [-0.4, -0.2) is 60.0 Å². The molecule has 0 aliphatic carbocycles. The lowest BCUT2D eigenvalue weighted by atomic mass is 9.93. The van der Waals surface area contributed by atoms with Crippen LogP contribution in [0.2, 0.25) is 0 Å². The Morgan fingerprint density at radius 1 is 0.489 bits per heavy atom. The molecule has 0 fully saturated rings. The average Bonchev–Trinajstić information content (AvgIpc) is 3.01. The summed E-state index contributed by atoms with van der Waals surface area (Å²) in [5.74, 6) is -6.31. The minimum atomic E-state index is -5.02. The first-order chi connectivity index (χ1) is 22.1. The fourth-order valence-corrected chi connectivity index (χ4v) is 6.65. The summed E-state index contributed by atoms with van der Waals surface area (Å²) in [4.78, 5) is 50.3. The van der Waals surface area contributed by atoms with Crippen molar-refractivity contribution in [3.63, 3.8) is 0 Å². The smallest absolute Gasteiger partial charge is 0.346 e. The highest BCUT2D eigenvalue weighted by atomic mass is 32.2. The van der Waals surface area contributed by atoms with Gasteiger partial charge in [0, 0.05) is 10.8 Å². The summed E-state index contributed by atoms with van der Waals surface area (Å²) in [6.07, 6.45) is 0. The van der Waals surface area contributed by atoms with Gasteiger partial charge in [0.25, 0.3) is 20.2 Å². The molecule has 0 saturated heterocycles. The van der Waals surface area contributed by atoms with Gasteiger partial charge in [0.15, 0.2) is 0 Å². The van der Waals surface area contributed by atoms with E-state index in [2.05, 4.69) is 0 Å². The fourth-order valence-electron chi connectivity index (χ4n) is 5.58. The molecule has 0 aliphatic heterocycles. The summed E-state index contributed by atoms with van der Waals surface area (Å²) < 4.78 is 73.7. The van der Waals surface area contributed by atoms with Crippen LogP contribution in [0.15, 0.2) is 94.7 Å². The second-order valence-corrected chi connectivity index (χ2v) is 13.2. The first-order valence-electron chi connectivity index (χ1n) is 13.2. The van der Waals surface area contributed by atoms with Crippen molar-refractivity contribution in [2.24, 2.45) is 0 Å². The molecule has 0 aliphatic rings. The van der Waals surface area contributed by atoms with Gasteiger partial charge in [-0.05, 0) is 68.7 Å². The Morgan fingerprint density at radius 2 is 0.851 bits per heavy atom. The van der Waals surface area contributed by atoms with Gasteiger partial charge in [0.05, 0.1) is 32.0 Å². The van der Waals surface area contributed by atoms with Gasteiger partial charge in [-0.1, -0.05) is 48.5 Å². The van der Waals surface area contributed by atoms with Crippen LogP contribution in [0.1, 0.15) is 41.4 Å². The molecule has 13 nitrogen and oxygen atoms in total. The number of aromatic carboxylic acids is 2. The van der Waals surface area contributed by atoms with E-state index in [0.29, 0.717) is 22.9 Å². The Hall–Kier alpha value is -5.74. The average molecular weight is 675 g/mol. The van der Waals surface area contributed by atoms with Crippen LogP contribution < -0.4 is 0 Å². The minimum absolute atomic E-state index is 0.103. The Kier molecular flexibility index (Phi) is 7.28. The molecule has 4 N–H and O–H groups in total. The molecule has 0 bridgehead atoms. The second kappa shape index (κ2) is 11.0. The van der Waals surface area contributed by atoms with E-state index in [9.17, 15) is 55.3 Å². The normalized spacial score (nSPS) is 12.0. The summed E-state index contributed by atoms with van der Waals surface area (Å²) in [5.41, 5.74) is -2.52. The predicted molar refractivity (Wildman–Crippen MR) is 166 cm³/mol. The third-order valence-corrected chi connectivity index (χ3v) is 9.21. The third-order valence-electron chi connectivity index (χ3n) is 7.55. The Bertz CT molecular complexity index is 2460. The number of carboxylic acid groups (broad SMARTS) is 2. The minimum Gasteiger partial charge on any atom is -0.478 e. The van der Waals surface area contributed by atoms with E-state index in [1.54, 1.807) is 24.3 Å². The number of carbonyl (C=O) groups excluding carboxylic acids is 2. The number of rotatable bonds is 6. The van der Waals surface area contributed by atoms with Crippen molar-refractivity contribution in [1.82, 2.24) is 0 Å². The standard InChI is InChI=1S/C32H18O13S2/c33-29(34)23-9-15-5-1-3-7-19(15)21-11-17(46(39,40)41)13-25(27(21)23)31(37)45-32(38)26-14-18(47(42,43)44)12-22-20-8-4-2-6-16(20)10-24(28(22)26)30(35)36/h1-14H,(H,33,34)(H,35,36)(H,39,40,41)(H,42,43,44). The van der Waals surface area contributed by atoms with Crippen LogP contribution in [0.25, 0.3) is 43.1 Å². The molecule has 0 amide bonds. The molecule has 0 atom stereocenters. The van der Waals surface area contributed by atoms with Crippen molar-refractivity contribution in [2.45, 2.75) is 9.79 Å². The molecule has 0 radical (unpaired) electrons. The van der Waals surface area contributed by atoms with Crippen molar-refractivity contribution in [2.75, 3.05) is 0 Å². The lowest BCUT2D eigenvalue weighted by Gasteiger charge is -2.15. The van der Waals surface area contributed by atoms with Gasteiger partial charge in [-0.2, -0.15) is 16.8 Å². The largest absolute Gasteiger partial charge is 0.478 e. The zero-order valence-electron chi connectivity index (χ0n) is 23.4. The third kappa shape index (κ3) is 5.42. The van der Waals surface area contributed by atoms with E-state index >= 15 is 0 Å². The van der Waals surface area contributed by atoms with E-state index in [1.807, 2.05) is 0 Å². The van der Waals surface area contributed by atoms with Gasteiger partial charge in [0.2, 0.25) is 0 Å². The number of hydrogen-bond acceptors (Lipinski definition) is 9. The van der Waals surface area contributed by atoms with E-state index in [4.69, 9.17) is 4.74 Å². The maximum Gasteiger partial charge on any atom is 0.346 e. The summed E-state index contributed by atoms with van der Waals surface area (Å²) in [5, 5.41) is 20.3. The maximum atomic E-state index is 13.7. The van der Waals surface area contributed by atoms with Crippen molar-refractivity contribution >= 4 is 87.2 Å². The van der Waals surface area contributed by atoms with Crippen molar-refractivity contribution in [3.05, 3.63) is 107 Å². The number of benzene rings is 6. The number of fused-ring (bicyclic) bond motifs is 6. The molecular weight excluding hydrogens is 656 g/mol. The van der Waals surface area contributed by atoms with Crippen LogP contribution in [0.3, 0.4) is 0 Å². The number of carboxylic acids is 2. The zero-order valence-corrected chi connectivity index (χ0v) is 25.0. The monoisotopic (exact) mass is 674 g/mol. The van der Waals surface area contributed by atoms with Crippen LogP contribution in [0, 0.1) is 0 Å². The fraction of sp³-hybridized carbons (Fsp3) is 0. The highest BCUT2D eigenvalue weighted by molar-refractivity contribution is 7.86. The Morgan fingerprint density at radius 3 is 1.19 bits per heavy atom. The SMILES string of the molecule is O=C(O)c1cc2ccccc2c2cc(S(=O)(=O)O)cc(C(=O)OC(=O)c3cc(S(=O)(=O)O)cc4c3c(C(=O)O)cc3ccccc34)c12. The van der Waals surface area contributed by atoms with Gasteiger partial charge in [-0.15, -0.1) is 0 Å². The van der Waals surface area contributed by atoms with Crippen molar-refractivity contribution < 1.29 is 60.1 Å². The van der Waals surface area contributed by atoms with Crippen LogP contribution in [0.5, 0.6) is 0 Å². The van der Waals surface area contributed by atoms with Gasteiger partial charge in [0.1, 0.15) is 0 Å². The molecule has 6 aromatic rings. The summed E-state index contributed by atoms with van der Waals surface area (Å²) in [7, 11) is -10.0. The Labute approximate surface area is 263 Å². The Balaban J connectivity index is 1.63. The number of esters is 2. The van der Waals surface area contributed by atoms with Crippen LogP contribution in [0.4, 0.5) is 0 Å². The highest BCUT2D eigenvalue weighted by Crippen LogP contribution is 2.36. The molecule has 0 aromatic heterocycles. The van der Waals surface area contributed by atoms with Crippen LogP contribution in [-0.2, 0) is 25.0 Å². The molecule has 47 heavy (non-hydrogen) atoms. The quantitative estimate of drug-likeness (QED) is 0.0773. The molecule has 6 rings (SSSR count). The van der Waals surface area contributed by atoms with E-state index in [1.165, 1.54) is 36.4 Å². The molecule has 0 unspecified atom stereocenters. The molecule has 0 saturated carbocycles. The first kappa shape index (κ1) is 31.3. The summed E-state index contributed by atoms with van der Waals surface area (Å²) >= 11 is 0. The highest BCUT2D eigenvalue weighted by Gasteiger charge is 2.29. The maximum absolute atomic E-state index is 13.7. The number of hydrogen-bond donors (Lipinski definition) is 4. The first-order valence-corrected chi connectivity index (χ1v) is 16.1. The molecule has 0 heterocycles. The summed E-state index contributed by atoms with van der Waals surface area (Å²) in [6, 6.07) is 17.9. The van der Waals surface area contributed by atoms with Gasteiger partial charge < -0.3 is 14.9 Å². The van der Waals surface area contributed by atoms with E-state index < -0.39 is 76.2 Å². The lowest BCUT2D eigenvalue weighted by molar-refractivity contribution is 0.0400. The van der Waals surface area contributed by atoms with Gasteiger partial charge in [-0.3, -0.25) is 9.11 Å². The number of ether oxygens (including phenoxy) is 1. The van der Waals surface area contributed by atoms with Gasteiger partial charge in [-0.25, -0.2) is 19.2 Å². The molecular formula is C32H18O13S2. The lowest BCUT2D eigenvalue weighted by Crippen LogP contribution is -2.17. The second-order valence-electron chi connectivity index (χ2n) is 10.3. The van der Waals surface area contributed by atoms with E-state index in [0.717, 1.165) is 12.1 Å². The van der Waals surface area contributed by atoms with Gasteiger partial charge >= 0.3 is 23.9 Å². The molecule has 15 heteroatoms. The van der Waals surface area contributed by atoms with E-state index in [-0.39, 0.29) is 32.3 Å². The molecule has 0 spiro atoms. The topological polar surface area (TPSA) is 227 Å². The number of carbonyl (C=O) groups is 4. The summed E-state index contributed by atoms with van der Waals surface area (Å²) in [6.45, 7) is 0. The molecule has 236 valence electrons. The van der Waals surface area contributed by atoms with Crippen molar-refractivity contribution in [1.29, 1.82) is 0 Å².